The second kappa shape index (κ2) is 107. The van der Waals surface area contributed by atoms with Crippen molar-refractivity contribution in [3.63, 3.8) is 0 Å². The van der Waals surface area contributed by atoms with Crippen molar-refractivity contribution in [2.24, 2.45) is 0 Å². The van der Waals surface area contributed by atoms with Gasteiger partial charge >= 0.3 is 243 Å². The second-order valence-electron chi connectivity index (χ2n) is 0. The van der Waals surface area contributed by atoms with Crippen LogP contribution in [0.1, 0.15) is 0 Å². The van der Waals surface area contributed by atoms with Crippen LogP contribution in [0, 0.1) is 0 Å². The van der Waals surface area contributed by atoms with Gasteiger partial charge in [0.05, 0.1) is 0 Å². The number of hydrogen-bond acceptors (Lipinski definition) is 0. The van der Waals surface area contributed by atoms with Crippen molar-refractivity contribution in [1.29, 1.82) is 0 Å². The Kier molecular flexibility index (Phi) is 925. The minimum atomic E-state index is 0. The van der Waals surface area contributed by atoms with Crippen LogP contribution in [-0.4, -0.2) is 243 Å². The molecule has 0 N–H and O–H groups in total. The monoisotopic (exact) mass is 1050 g/mol. The Bertz CT molecular complexity index is 19.3. The molecule has 0 unspecified atom stereocenters. The molecule has 14 heteroatoms. The van der Waals surface area contributed by atoms with Gasteiger partial charge in [-0.05, 0) is 0 Å². The first-order chi connectivity index (χ1) is 0. The van der Waals surface area contributed by atoms with Crippen molar-refractivity contribution in [3.05, 3.63) is 0 Å². The van der Waals surface area contributed by atoms with Crippen LogP contribution in [-0.2, 0) is 108 Å². The molecule has 0 radical (unpaired) electrons. The Labute approximate surface area is 339 Å². The van der Waals surface area contributed by atoms with Crippen LogP contribution < -0.4 is 0 Å². The minimum Gasteiger partial charge on any atom is -2.00 e. The predicted octanol–water partition coefficient (Wildman–Crippen LogP) is -2.30. The number of rotatable bonds is 0. The van der Waals surface area contributed by atoms with Crippen molar-refractivity contribution < 1.29 is 0 Å². The Balaban J connectivity index is 0. The molecule has 0 saturated carbocycles. The quantitative estimate of drug-likeness (QED) is 0.240. The van der Waals surface area contributed by atoms with Crippen LogP contribution in [0.25, 0.3) is 0 Å². The molecule has 0 fully saturated rings. The third kappa shape index (κ3) is 93.4. The van der Waals surface area contributed by atoms with Gasteiger partial charge in [0.1, 0.15) is 0 Å². The van der Waals surface area contributed by atoms with E-state index in [0.29, 0.717) is 0 Å². The van der Waals surface area contributed by atoms with Crippen LogP contribution in [0.5, 0.6) is 0 Å². The summed E-state index contributed by atoms with van der Waals surface area (Å²) >= 11 is 0. The topological polar surface area (TPSA) is 0 Å². The maximum atomic E-state index is 0. The summed E-state index contributed by atoms with van der Waals surface area (Å²) in [6.45, 7) is 0. The molecule has 0 atom stereocenters. The summed E-state index contributed by atoms with van der Waals surface area (Å²) in [6.07, 6.45) is 0. The first-order valence-corrected chi connectivity index (χ1v) is 0. The Morgan fingerprint density at radius 3 is 0.214 bits per heavy atom. The third-order valence-electron chi connectivity index (χ3n) is 0. The van der Waals surface area contributed by atoms with Crippen LogP contribution in [0.15, 0.2) is 0 Å². The normalized spacial score (nSPS) is 0. The fraction of sp³-hybridized carbons (Fsp3) is 0. The van der Waals surface area contributed by atoms with Crippen molar-refractivity contribution in [2.75, 3.05) is 0 Å². The molecule has 0 rings (SSSR count). The molecule has 0 aromatic carbocycles. The van der Waals surface area contributed by atoms with Gasteiger partial charge in [0.2, 0.25) is 0 Å². The molecule has 0 bridgehead atoms. The zero-order valence-corrected chi connectivity index (χ0v) is 37.1. The maximum absolute atomic E-state index is 0. The molecule has 0 amide bonds. The number of hydrogen-bond donors (Lipinski definition) is 0. The van der Waals surface area contributed by atoms with Gasteiger partial charge in [0.15, 0.2) is 0 Å². The van der Waals surface area contributed by atoms with Gasteiger partial charge in [-0.15, -0.1) is 0 Å². The van der Waals surface area contributed by atoms with Crippen LogP contribution in [0.2, 0.25) is 0 Å². The largest absolute Gasteiger partial charge is 4.00 e. The van der Waals surface area contributed by atoms with E-state index in [4.69, 9.17) is 0 Å². The van der Waals surface area contributed by atoms with E-state index in [2.05, 4.69) is 0 Å². The van der Waals surface area contributed by atoms with Crippen molar-refractivity contribution in [2.45, 2.75) is 0 Å². The minimum absolute atomic E-state index is 0. The van der Waals surface area contributed by atoms with Gasteiger partial charge in [-0.25, -0.2) is 0 Å². The van der Waals surface area contributed by atoms with E-state index in [1.54, 1.807) is 0 Å². The Morgan fingerprint density at radius 2 is 0.214 bits per heavy atom. The van der Waals surface area contributed by atoms with E-state index in [0.717, 1.165) is 0 Å². The fourth-order valence-corrected chi connectivity index (χ4v) is 0. The molecule has 14 heavy (non-hydrogen) atoms. The van der Waals surface area contributed by atoms with Crippen molar-refractivity contribution in [3.8, 4) is 0 Å². The standard InChI is InChI=1S/4Ba.8S.2Sn/q4*+2;8*-2;2*+4. The molecular formula is Ba4S8Sn2. The van der Waals surface area contributed by atoms with Crippen LogP contribution >= 0.6 is 0 Å². The molecule has 0 heterocycles. The molecule has 64 valence electrons. The molecular weight excluding hydrogens is 1040 g/mol. The second-order valence-corrected chi connectivity index (χ2v) is 0. The fourth-order valence-electron chi connectivity index (χ4n) is 0. The van der Waals surface area contributed by atoms with Gasteiger partial charge in [-0.2, -0.15) is 0 Å². The summed E-state index contributed by atoms with van der Waals surface area (Å²) in [7, 11) is 0. The SMILES string of the molecule is [Ba+2].[Ba+2].[Ba+2].[Ba+2].[S-2].[S-2].[S-2].[S-2].[S-2].[S-2].[S-2].[S-2].[Sn+4].[Sn+4]. The zero-order valence-electron chi connectivity index (χ0n) is 7.09. The molecule has 0 nitrogen and oxygen atoms in total. The Hall–Kier alpha value is 10.7. The van der Waals surface area contributed by atoms with Gasteiger partial charge in [-0.3, -0.25) is 0 Å². The van der Waals surface area contributed by atoms with Crippen molar-refractivity contribution >= 4 is 351 Å². The molecule has 0 aliphatic rings. The summed E-state index contributed by atoms with van der Waals surface area (Å²) in [5.74, 6) is 0. The molecule has 0 aliphatic carbocycles. The summed E-state index contributed by atoms with van der Waals surface area (Å²) < 4.78 is 0. The van der Waals surface area contributed by atoms with E-state index in [1.165, 1.54) is 0 Å². The summed E-state index contributed by atoms with van der Waals surface area (Å²) in [5, 5.41) is 0. The van der Waals surface area contributed by atoms with E-state index >= 15 is 0 Å². The first-order valence-electron chi connectivity index (χ1n) is 0. The maximum Gasteiger partial charge on any atom is 4.00 e. The molecule has 0 saturated heterocycles. The van der Waals surface area contributed by atoms with E-state index in [1.807, 2.05) is 0 Å². The van der Waals surface area contributed by atoms with E-state index < -0.39 is 0 Å². The molecule has 0 spiro atoms. The zero-order chi connectivity index (χ0) is 0. The van der Waals surface area contributed by atoms with Crippen molar-refractivity contribution in [1.82, 2.24) is 0 Å². The van der Waals surface area contributed by atoms with Crippen LogP contribution in [0.3, 0.4) is 0 Å². The summed E-state index contributed by atoms with van der Waals surface area (Å²) in [5.41, 5.74) is 0. The smallest absolute Gasteiger partial charge is 2.00 e. The van der Waals surface area contributed by atoms with E-state index in [9.17, 15) is 0 Å². The Morgan fingerprint density at radius 1 is 0.214 bits per heavy atom. The first kappa shape index (κ1) is 121. The van der Waals surface area contributed by atoms with Gasteiger partial charge in [0.25, 0.3) is 0 Å². The van der Waals surface area contributed by atoms with Gasteiger partial charge < -0.3 is 108 Å². The average Bonchev–Trinajstić information content (AvgIpc) is 0. The molecule has 0 aromatic heterocycles. The van der Waals surface area contributed by atoms with E-state index in [-0.39, 0.29) is 351 Å². The van der Waals surface area contributed by atoms with Gasteiger partial charge in [0, 0.05) is 0 Å². The van der Waals surface area contributed by atoms with Gasteiger partial charge in [-0.1, -0.05) is 0 Å². The summed E-state index contributed by atoms with van der Waals surface area (Å²) in [6, 6.07) is 0. The van der Waals surface area contributed by atoms with Crippen LogP contribution in [0.4, 0.5) is 0 Å². The predicted molar refractivity (Wildman–Crippen MR) is 93.4 cm³/mol. The summed E-state index contributed by atoms with van der Waals surface area (Å²) in [4.78, 5) is 0. The average molecular weight is 1040 g/mol. The third-order valence-corrected chi connectivity index (χ3v) is 0. The molecule has 0 aromatic rings. The molecule has 0 aliphatic heterocycles.